The standard InChI is InChI=1S/C10H18N4O/c11-3-1-2-4-13-10(15)9-14-7-5-12-6-8-14/h12H,1-2,4-9H2,(H,13,15). The van der Waals surface area contributed by atoms with E-state index in [0.29, 0.717) is 19.5 Å². The van der Waals surface area contributed by atoms with Gasteiger partial charge < -0.3 is 10.6 Å². The summed E-state index contributed by atoms with van der Waals surface area (Å²) in [6.07, 6.45) is 1.25. The molecule has 0 bridgehead atoms. The van der Waals surface area contributed by atoms with Crippen molar-refractivity contribution in [1.82, 2.24) is 15.5 Å². The van der Waals surface area contributed by atoms with E-state index >= 15 is 0 Å². The minimum atomic E-state index is 0.0647. The number of unbranched alkanes of at least 4 members (excludes halogenated alkanes) is 1. The Morgan fingerprint density at radius 3 is 2.87 bits per heavy atom. The summed E-state index contributed by atoms with van der Waals surface area (Å²) in [6.45, 7) is 4.88. The van der Waals surface area contributed by atoms with E-state index in [1.54, 1.807) is 0 Å². The molecule has 0 aromatic rings. The number of rotatable bonds is 5. The fraction of sp³-hybridized carbons (Fsp3) is 0.800. The summed E-state index contributed by atoms with van der Waals surface area (Å²) in [7, 11) is 0. The molecule has 1 saturated heterocycles. The van der Waals surface area contributed by atoms with Crippen molar-refractivity contribution in [3.8, 4) is 6.07 Å². The molecule has 0 spiro atoms. The SMILES string of the molecule is N#CCCCNC(=O)CN1CCNCC1. The van der Waals surface area contributed by atoms with Crippen molar-refractivity contribution >= 4 is 5.91 Å². The zero-order valence-electron chi connectivity index (χ0n) is 8.96. The molecule has 5 nitrogen and oxygen atoms in total. The molecular formula is C10H18N4O. The van der Waals surface area contributed by atoms with Crippen molar-refractivity contribution in [2.45, 2.75) is 12.8 Å². The first-order valence-corrected chi connectivity index (χ1v) is 5.39. The molecule has 0 aliphatic carbocycles. The quantitative estimate of drug-likeness (QED) is 0.589. The highest BCUT2D eigenvalue weighted by molar-refractivity contribution is 5.77. The first-order valence-electron chi connectivity index (χ1n) is 5.39. The Balaban J connectivity index is 2.04. The van der Waals surface area contributed by atoms with Gasteiger partial charge in [-0.1, -0.05) is 0 Å². The van der Waals surface area contributed by atoms with E-state index in [9.17, 15) is 4.79 Å². The fourth-order valence-corrected chi connectivity index (χ4v) is 1.52. The maximum Gasteiger partial charge on any atom is 0.234 e. The number of hydrogen-bond acceptors (Lipinski definition) is 4. The van der Waals surface area contributed by atoms with Crippen LogP contribution in [0.2, 0.25) is 0 Å². The second-order valence-corrected chi connectivity index (χ2v) is 3.64. The lowest BCUT2D eigenvalue weighted by Crippen LogP contribution is -2.47. The van der Waals surface area contributed by atoms with E-state index in [4.69, 9.17) is 5.26 Å². The third-order valence-electron chi connectivity index (χ3n) is 2.36. The molecule has 1 heterocycles. The molecule has 0 saturated carbocycles. The first kappa shape index (κ1) is 12.0. The van der Waals surface area contributed by atoms with E-state index in [0.717, 1.165) is 32.6 Å². The van der Waals surface area contributed by atoms with Gasteiger partial charge in [-0.05, 0) is 6.42 Å². The Bertz CT molecular complexity index is 230. The average Bonchev–Trinajstić information content (AvgIpc) is 2.26. The van der Waals surface area contributed by atoms with Crippen LogP contribution in [0.5, 0.6) is 0 Å². The number of amides is 1. The van der Waals surface area contributed by atoms with E-state index in [1.807, 2.05) is 0 Å². The Kier molecular flexibility index (Phi) is 5.74. The highest BCUT2D eigenvalue weighted by Crippen LogP contribution is 1.91. The highest BCUT2D eigenvalue weighted by Gasteiger charge is 2.12. The topological polar surface area (TPSA) is 68.2 Å². The summed E-state index contributed by atoms with van der Waals surface area (Å²) in [5.74, 6) is 0.0647. The monoisotopic (exact) mass is 210 g/mol. The number of carbonyl (C=O) groups excluding carboxylic acids is 1. The Morgan fingerprint density at radius 2 is 2.20 bits per heavy atom. The van der Waals surface area contributed by atoms with Crippen LogP contribution in [0.15, 0.2) is 0 Å². The van der Waals surface area contributed by atoms with Gasteiger partial charge in [0.1, 0.15) is 0 Å². The van der Waals surface area contributed by atoms with Crippen LogP contribution in [0.1, 0.15) is 12.8 Å². The fourth-order valence-electron chi connectivity index (χ4n) is 1.52. The molecule has 0 aromatic heterocycles. The number of piperazine rings is 1. The number of nitrogens with one attached hydrogen (secondary N) is 2. The predicted molar refractivity (Wildman–Crippen MR) is 57.2 cm³/mol. The van der Waals surface area contributed by atoms with Gasteiger partial charge in [0, 0.05) is 39.1 Å². The van der Waals surface area contributed by atoms with Crippen molar-refractivity contribution in [1.29, 1.82) is 5.26 Å². The van der Waals surface area contributed by atoms with E-state index in [1.165, 1.54) is 0 Å². The van der Waals surface area contributed by atoms with Crippen LogP contribution in [-0.2, 0) is 4.79 Å². The van der Waals surface area contributed by atoms with Crippen LogP contribution in [0, 0.1) is 11.3 Å². The zero-order chi connectivity index (χ0) is 10.9. The van der Waals surface area contributed by atoms with Crippen molar-refractivity contribution in [3.63, 3.8) is 0 Å². The van der Waals surface area contributed by atoms with Crippen LogP contribution in [0.4, 0.5) is 0 Å². The molecule has 1 rings (SSSR count). The third-order valence-corrected chi connectivity index (χ3v) is 2.36. The lowest BCUT2D eigenvalue weighted by molar-refractivity contribution is -0.122. The van der Waals surface area contributed by atoms with Crippen molar-refractivity contribution in [2.75, 3.05) is 39.3 Å². The molecule has 1 fully saturated rings. The molecule has 1 amide bonds. The number of hydrogen-bond donors (Lipinski definition) is 2. The first-order chi connectivity index (χ1) is 7.33. The van der Waals surface area contributed by atoms with Gasteiger partial charge in [0.15, 0.2) is 0 Å². The lowest BCUT2D eigenvalue weighted by Gasteiger charge is -2.26. The lowest BCUT2D eigenvalue weighted by atomic mass is 10.3. The molecule has 1 aliphatic rings. The molecule has 0 unspecified atom stereocenters. The van der Waals surface area contributed by atoms with Gasteiger partial charge >= 0.3 is 0 Å². The highest BCUT2D eigenvalue weighted by atomic mass is 16.2. The van der Waals surface area contributed by atoms with Crippen molar-refractivity contribution < 1.29 is 4.79 Å². The molecule has 0 aromatic carbocycles. The van der Waals surface area contributed by atoms with Crippen LogP contribution >= 0.6 is 0 Å². The summed E-state index contributed by atoms with van der Waals surface area (Å²) < 4.78 is 0. The number of nitrogens with zero attached hydrogens (tertiary/aromatic N) is 2. The van der Waals surface area contributed by atoms with Gasteiger partial charge in [0.25, 0.3) is 0 Å². The van der Waals surface area contributed by atoms with Gasteiger partial charge in [0.05, 0.1) is 12.6 Å². The summed E-state index contributed by atoms with van der Waals surface area (Å²) in [5.41, 5.74) is 0. The smallest absolute Gasteiger partial charge is 0.234 e. The van der Waals surface area contributed by atoms with Crippen LogP contribution in [0.25, 0.3) is 0 Å². The Hall–Kier alpha value is -1.12. The summed E-state index contributed by atoms with van der Waals surface area (Å²) in [6, 6.07) is 2.05. The van der Waals surface area contributed by atoms with Gasteiger partial charge in [-0.25, -0.2) is 0 Å². The van der Waals surface area contributed by atoms with E-state index in [2.05, 4.69) is 21.6 Å². The van der Waals surface area contributed by atoms with Crippen LogP contribution in [-0.4, -0.2) is 50.1 Å². The van der Waals surface area contributed by atoms with Gasteiger partial charge in [0.2, 0.25) is 5.91 Å². The molecule has 1 aliphatic heterocycles. The maximum absolute atomic E-state index is 11.4. The van der Waals surface area contributed by atoms with Crippen molar-refractivity contribution in [2.24, 2.45) is 0 Å². The Morgan fingerprint density at radius 1 is 1.47 bits per heavy atom. The molecule has 15 heavy (non-hydrogen) atoms. The number of carbonyl (C=O) groups is 1. The van der Waals surface area contributed by atoms with Gasteiger partial charge in [-0.2, -0.15) is 5.26 Å². The minimum Gasteiger partial charge on any atom is -0.355 e. The van der Waals surface area contributed by atoms with Crippen molar-refractivity contribution in [3.05, 3.63) is 0 Å². The molecule has 0 atom stereocenters. The average molecular weight is 210 g/mol. The van der Waals surface area contributed by atoms with Gasteiger partial charge in [-0.3, -0.25) is 9.69 Å². The minimum absolute atomic E-state index is 0.0647. The van der Waals surface area contributed by atoms with Crippen LogP contribution < -0.4 is 10.6 Å². The largest absolute Gasteiger partial charge is 0.355 e. The predicted octanol–water partition coefficient (Wildman–Crippen LogP) is -0.688. The van der Waals surface area contributed by atoms with E-state index < -0.39 is 0 Å². The second-order valence-electron chi connectivity index (χ2n) is 3.64. The zero-order valence-corrected chi connectivity index (χ0v) is 8.96. The van der Waals surface area contributed by atoms with E-state index in [-0.39, 0.29) is 5.91 Å². The molecular weight excluding hydrogens is 192 g/mol. The summed E-state index contributed by atoms with van der Waals surface area (Å²) in [4.78, 5) is 13.6. The molecule has 2 N–H and O–H groups in total. The molecule has 0 radical (unpaired) electrons. The second kappa shape index (κ2) is 7.21. The molecule has 84 valence electrons. The summed E-state index contributed by atoms with van der Waals surface area (Å²) >= 11 is 0. The normalized spacial score (nSPS) is 17.0. The van der Waals surface area contributed by atoms with Gasteiger partial charge in [-0.15, -0.1) is 0 Å². The molecule has 5 heteroatoms. The van der Waals surface area contributed by atoms with Crippen LogP contribution in [0.3, 0.4) is 0 Å². The third kappa shape index (κ3) is 5.35. The maximum atomic E-state index is 11.4. The number of nitriles is 1. The summed E-state index contributed by atoms with van der Waals surface area (Å²) in [5, 5.41) is 14.4. The Labute approximate surface area is 90.4 Å².